The highest BCUT2D eigenvalue weighted by Gasteiger charge is 2.54. The van der Waals surface area contributed by atoms with Gasteiger partial charge in [0, 0.05) is 37.8 Å². The van der Waals surface area contributed by atoms with E-state index in [0.717, 1.165) is 43.9 Å². The fraction of sp³-hybridized carbons (Fsp3) is 0.692. The van der Waals surface area contributed by atoms with Crippen molar-refractivity contribution in [3.63, 3.8) is 0 Å². The molecule has 0 N–H and O–H groups in total. The van der Waals surface area contributed by atoms with Gasteiger partial charge in [-0.25, -0.2) is 4.90 Å². The molecule has 1 aromatic carbocycles. The van der Waals surface area contributed by atoms with Crippen LogP contribution >= 0.6 is 0 Å². The predicted octanol–water partition coefficient (Wildman–Crippen LogP) is 3.30. The molecule has 0 spiro atoms. The molecule has 2 saturated heterocycles. The van der Waals surface area contributed by atoms with Crippen LogP contribution in [0.2, 0.25) is 0 Å². The van der Waals surface area contributed by atoms with Crippen LogP contribution in [0.15, 0.2) is 24.3 Å². The number of piperazine rings is 1. The van der Waals surface area contributed by atoms with E-state index in [1.165, 1.54) is 43.4 Å². The monoisotopic (exact) mass is 437 g/mol. The number of ether oxygens (including phenoxy) is 1. The van der Waals surface area contributed by atoms with Crippen LogP contribution in [0.4, 0.5) is 5.69 Å². The zero-order valence-corrected chi connectivity index (χ0v) is 19.2. The Labute approximate surface area is 190 Å². The number of hydrogen-bond donors (Lipinski definition) is 0. The van der Waals surface area contributed by atoms with Crippen molar-refractivity contribution in [2.24, 2.45) is 17.8 Å². The summed E-state index contributed by atoms with van der Waals surface area (Å²) in [5.74, 6) is 3.38. The smallest absolute Gasteiger partial charge is 0.251 e. The first-order valence-electron chi connectivity index (χ1n) is 12.6. The second kappa shape index (κ2) is 7.84. The summed E-state index contributed by atoms with van der Waals surface area (Å²) in [5.41, 5.74) is 1.06. The Bertz CT molecular complexity index is 872. The van der Waals surface area contributed by atoms with E-state index >= 15 is 0 Å². The lowest BCUT2D eigenvalue weighted by Gasteiger charge is -2.61. The number of imide groups is 1. The summed E-state index contributed by atoms with van der Waals surface area (Å²) in [5, 5.41) is 0. The first-order chi connectivity index (χ1) is 15.5. The standard InChI is InChI=1S/C26H35N3O3/c1-2-32-22-5-3-4-21(13-22)29-24(30)14-23(25(29)31)27-6-8-28(9-7-27)26-15-18-10-19(16-26)12-20(11-18)17-26/h3-5,13,18-20,23H,2,6-12,14-17H2,1H3/t18?,19?,20?,23-,26?/m1/s1. The van der Waals surface area contributed by atoms with Crippen LogP contribution in [0.5, 0.6) is 5.75 Å². The Balaban J connectivity index is 1.13. The van der Waals surface area contributed by atoms with E-state index in [0.29, 0.717) is 23.6 Å². The van der Waals surface area contributed by atoms with E-state index in [1.807, 2.05) is 25.1 Å². The highest BCUT2D eigenvalue weighted by Crippen LogP contribution is 2.57. The minimum absolute atomic E-state index is 0.0769. The predicted molar refractivity (Wildman–Crippen MR) is 123 cm³/mol. The van der Waals surface area contributed by atoms with E-state index in [4.69, 9.17) is 4.74 Å². The third-order valence-corrected chi connectivity index (χ3v) is 8.94. The highest BCUT2D eigenvalue weighted by atomic mass is 16.5. The van der Waals surface area contributed by atoms with Crippen molar-refractivity contribution >= 4 is 17.5 Å². The molecule has 2 aliphatic heterocycles. The van der Waals surface area contributed by atoms with Crippen molar-refractivity contribution < 1.29 is 14.3 Å². The molecule has 2 amide bonds. The molecule has 4 saturated carbocycles. The Morgan fingerprint density at radius 1 is 0.969 bits per heavy atom. The molecule has 6 fully saturated rings. The molecule has 7 rings (SSSR count). The summed E-state index contributed by atoms with van der Waals surface area (Å²) in [7, 11) is 0. The molecule has 0 unspecified atom stereocenters. The lowest BCUT2D eigenvalue weighted by atomic mass is 9.52. The SMILES string of the molecule is CCOc1cccc(N2C(=O)C[C@@H](N3CCN(C45CC6CC(CC(C6)C4)C5)CC3)C2=O)c1. The molecular formula is C26H35N3O3. The van der Waals surface area contributed by atoms with Gasteiger partial charge < -0.3 is 4.74 Å². The van der Waals surface area contributed by atoms with Gasteiger partial charge in [0.2, 0.25) is 5.91 Å². The second-order valence-corrected chi connectivity index (χ2v) is 10.9. The second-order valence-electron chi connectivity index (χ2n) is 10.9. The Morgan fingerprint density at radius 3 is 2.25 bits per heavy atom. The zero-order valence-electron chi connectivity index (χ0n) is 19.2. The zero-order chi connectivity index (χ0) is 21.9. The van der Waals surface area contributed by atoms with Gasteiger partial charge in [0.25, 0.3) is 5.91 Å². The average Bonchev–Trinajstić information content (AvgIpc) is 3.07. The summed E-state index contributed by atoms with van der Waals surface area (Å²) in [6.07, 6.45) is 8.88. The van der Waals surface area contributed by atoms with Crippen LogP contribution in [0.1, 0.15) is 51.9 Å². The number of hydrogen-bond acceptors (Lipinski definition) is 5. The molecule has 172 valence electrons. The van der Waals surface area contributed by atoms with Gasteiger partial charge in [0.15, 0.2) is 0 Å². The van der Waals surface area contributed by atoms with Crippen molar-refractivity contribution in [3.05, 3.63) is 24.3 Å². The van der Waals surface area contributed by atoms with Crippen molar-refractivity contribution in [1.82, 2.24) is 9.80 Å². The molecule has 0 aromatic heterocycles. The minimum Gasteiger partial charge on any atom is -0.494 e. The Morgan fingerprint density at radius 2 is 1.62 bits per heavy atom. The number of anilines is 1. The van der Waals surface area contributed by atoms with Gasteiger partial charge in [-0.2, -0.15) is 0 Å². The van der Waals surface area contributed by atoms with Gasteiger partial charge >= 0.3 is 0 Å². The topological polar surface area (TPSA) is 53.1 Å². The first-order valence-corrected chi connectivity index (χ1v) is 12.6. The molecule has 2 heterocycles. The number of nitrogens with zero attached hydrogens (tertiary/aromatic N) is 3. The molecule has 1 aromatic rings. The first kappa shape index (κ1) is 20.7. The summed E-state index contributed by atoms with van der Waals surface area (Å²) in [4.78, 5) is 32.5. The Hall–Kier alpha value is -1.92. The van der Waals surface area contributed by atoms with Crippen LogP contribution in [0, 0.1) is 17.8 Å². The van der Waals surface area contributed by atoms with Crippen LogP contribution in [-0.4, -0.2) is 66.0 Å². The lowest BCUT2D eigenvalue weighted by Crippen LogP contribution is -2.64. The summed E-state index contributed by atoms with van der Waals surface area (Å²) in [6.45, 7) is 6.32. The van der Waals surface area contributed by atoms with E-state index in [-0.39, 0.29) is 24.3 Å². The van der Waals surface area contributed by atoms with Gasteiger partial charge in [-0.15, -0.1) is 0 Å². The maximum atomic E-state index is 13.3. The normalized spacial score (nSPS) is 37.5. The quantitative estimate of drug-likeness (QED) is 0.662. The molecular weight excluding hydrogens is 402 g/mol. The number of carbonyl (C=O) groups excluding carboxylic acids is 2. The molecule has 6 heteroatoms. The molecule has 0 radical (unpaired) electrons. The minimum atomic E-state index is -0.322. The maximum Gasteiger partial charge on any atom is 0.251 e. The fourth-order valence-corrected chi connectivity index (χ4v) is 8.01. The van der Waals surface area contributed by atoms with E-state index < -0.39 is 0 Å². The van der Waals surface area contributed by atoms with Gasteiger partial charge in [0.1, 0.15) is 5.75 Å². The van der Waals surface area contributed by atoms with Gasteiger partial charge in [0.05, 0.1) is 24.8 Å². The molecule has 6 nitrogen and oxygen atoms in total. The summed E-state index contributed by atoms with van der Waals surface area (Å²) >= 11 is 0. The number of benzene rings is 1. The number of amides is 2. The van der Waals surface area contributed by atoms with Gasteiger partial charge in [-0.3, -0.25) is 19.4 Å². The molecule has 1 atom stereocenters. The fourth-order valence-electron chi connectivity index (χ4n) is 8.01. The van der Waals surface area contributed by atoms with Crippen LogP contribution < -0.4 is 9.64 Å². The van der Waals surface area contributed by atoms with Crippen molar-refractivity contribution in [2.75, 3.05) is 37.7 Å². The van der Waals surface area contributed by atoms with Crippen LogP contribution in [0.3, 0.4) is 0 Å². The third-order valence-electron chi connectivity index (χ3n) is 8.94. The highest BCUT2D eigenvalue weighted by molar-refractivity contribution is 6.22. The van der Waals surface area contributed by atoms with E-state index in [9.17, 15) is 9.59 Å². The molecule has 32 heavy (non-hydrogen) atoms. The Kier molecular flexibility index (Phi) is 5.06. The average molecular weight is 438 g/mol. The van der Waals surface area contributed by atoms with E-state index in [1.54, 1.807) is 6.07 Å². The van der Waals surface area contributed by atoms with Crippen LogP contribution in [-0.2, 0) is 9.59 Å². The summed E-state index contributed by atoms with van der Waals surface area (Å²) in [6, 6.07) is 7.01. The molecule has 6 aliphatic rings. The lowest BCUT2D eigenvalue weighted by molar-refractivity contribution is -0.125. The van der Waals surface area contributed by atoms with E-state index in [2.05, 4.69) is 9.80 Å². The maximum absolute atomic E-state index is 13.3. The van der Waals surface area contributed by atoms with Crippen molar-refractivity contribution in [3.8, 4) is 5.75 Å². The number of carbonyl (C=O) groups is 2. The largest absolute Gasteiger partial charge is 0.494 e. The summed E-state index contributed by atoms with van der Waals surface area (Å²) < 4.78 is 5.57. The molecule has 4 aliphatic carbocycles. The third kappa shape index (κ3) is 3.38. The van der Waals surface area contributed by atoms with Crippen LogP contribution in [0.25, 0.3) is 0 Å². The van der Waals surface area contributed by atoms with Crippen molar-refractivity contribution in [2.45, 2.75) is 63.5 Å². The molecule has 4 bridgehead atoms. The van der Waals surface area contributed by atoms with Gasteiger partial charge in [-0.05, 0) is 75.3 Å². The van der Waals surface area contributed by atoms with Gasteiger partial charge in [-0.1, -0.05) is 6.07 Å². The van der Waals surface area contributed by atoms with Crippen molar-refractivity contribution in [1.29, 1.82) is 0 Å². The number of rotatable bonds is 5.